The molecule has 1 saturated heterocycles. The number of anilines is 1. The summed E-state index contributed by atoms with van der Waals surface area (Å²) in [4.78, 5) is 13.1. The molecule has 0 aliphatic carbocycles. The molecule has 3 aromatic rings. The van der Waals surface area contributed by atoms with Crippen LogP contribution in [0.15, 0.2) is 66.2 Å². The molecular formula is C22H27ClIN7. The maximum Gasteiger partial charge on any atom is 0.194 e. The van der Waals surface area contributed by atoms with Gasteiger partial charge >= 0.3 is 0 Å². The van der Waals surface area contributed by atoms with E-state index in [9.17, 15) is 0 Å². The number of guanidine groups is 1. The average Bonchev–Trinajstić information content (AvgIpc) is 3.28. The van der Waals surface area contributed by atoms with Gasteiger partial charge in [-0.1, -0.05) is 48.0 Å². The minimum absolute atomic E-state index is 0. The fourth-order valence-corrected chi connectivity index (χ4v) is 3.98. The summed E-state index contributed by atoms with van der Waals surface area (Å²) in [7, 11) is 1.84. The molecule has 7 nitrogen and oxygen atoms in total. The molecule has 1 aliphatic heterocycles. The molecule has 1 N–H and O–H groups in total. The summed E-state index contributed by atoms with van der Waals surface area (Å²) in [6.07, 6.45) is 3.29. The van der Waals surface area contributed by atoms with E-state index in [2.05, 4.69) is 60.5 Å². The zero-order valence-corrected chi connectivity index (χ0v) is 20.6. The number of rotatable bonds is 5. The number of halogens is 2. The molecule has 1 aromatic heterocycles. The predicted molar refractivity (Wildman–Crippen MR) is 136 cm³/mol. The second-order valence-corrected chi connectivity index (χ2v) is 7.65. The van der Waals surface area contributed by atoms with Gasteiger partial charge in [0.1, 0.15) is 12.7 Å². The van der Waals surface area contributed by atoms with Gasteiger partial charge in [-0.15, -0.1) is 24.0 Å². The van der Waals surface area contributed by atoms with Crippen molar-refractivity contribution in [2.24, 2.45) is 4.99 Å². The van der Waals surface area contributed by atoms with Gasteiger partial charge < -0.3 is 15.1 Å². The number of nitrogens with one attached hydrogen (secondary N) is 1. The number of para-hydroxylation sites is 1. The Labute approximate surface area is 205 Å². The first-order valence-corrected chi connectivity index (χ1v) is 10.5. The van der Waals surface area contributed by atoms with E-state index < -0.39 is 0 Å². The standard InChI is InChI=1S/C22H26ClN7.HI/c1-24-22(29-11-9-28(10-12-29)21-8-3-2-7-20(21)23)26-14-18-5-4-6-19(13-18)15-30-17-25-16-27-30;/h2-8,13,16-17H,9-12,14-15H2,1H3,(H,24,26);1H. The van der Waals surface area contributed by atoms with Crippen molar-refractivity contribution in [2.45, 2.75) is 13.1 Å². The van der Waals surface area contributed by atoms with E-state index in [4.69, 9.17) is 11.6 Å². The minimum Gasteiger partial charge on any atom is -0.367 e. The third kappa shape index (κ3) is 6.10. The number of hydrogen-bond acceptors (Lipinski definition) is 4. The molecule has 0 unspecified atom stereocenters. The van der Waals surface area contributed by atoms with Gasteiger partial charge in [0.05, 0.1) is 17.3 Å². The first-order chi connectivity index (χ1) is 14.7. The zero-order chi connectivity index (χ0) is 20.8. The van der Waals surface area contributed by atoms with Gasteiger partial charge in [0.2, 0.25) is 0 Å². The van der Waals surface area contributed by atoms with Gasteiger partial charge in [0.25, 0.3) is 0 Å². The molecule has 2 heterocycles. The smallest absolute Gasteiger partial charge is 0.194 e. The van der Waals surface area contributed by atoms with Gasteiger partial charge in [0, 0.05) is 39.8 Å². The lowest BCUT2D eigenvalue weighted by Crippen LogP contribution is -2.52. The fraction of sp³-hybridized carbons (Fsp3) is 0.318. The first-order valence-electron chi connectivity index (χ1n) is 10.1. The molecule has 0 radical (unpaired) electrons. The van der Waals surface area contributed by atoms with Crippen LogP contribution in [0.1, 0.15) is 11.1 Å². The van der Waals surface area contributed by atoms with Crippen LogP contribution in [-0.4, -0.2) is 58.9 Å². The molecule has 9 heteroatoms. The molecule has 31 heavy (non-hydrogen) atoms. The second kappa shape index (κ2) is 11.3. The third-order valence-corrected chi connectivity index (χ3v) is 5.56. The molecule has 0 saturated carbocycles. The van der Waals surface area contributed by atoms with Crippen LogP contribution < -0.4 is 10.2 Å². The lowest BCUT2D eigenvalue weighted by Gasteiger charge is -2.38. The van der Waals surface area contributed by atoms with Crippen molar-refractivity contribution >= 4 is 47.2 Å². The van der Waals surface area contributed by atoms with E-state index >= 15 is 0 Å². The summed E-state index contributed by atoms with van der Waals surface area (Å²) < 4.78 is 1.82. The van der Waals surface area contributed by atoms with Crippen molar-refractivity contribution in [2.75, 3.05) is 38.1 Å². The van der Waals surface area contributed by atoms with E-state index in [1.165, 1.54) is 11.1 Å². The van der Waals surface area contributed by atoms with Crippen molar-refractivity contribution in [3.05, 3.63) is 77.3 Å². The van der Waals surface area contributed by atoms with Crippen LogP contribution in [0.25, 0.3) is 0 Å². The van der Waals surface area contributed by atoms with E-state index in [1.54, 1.807) is 12.7 Å². The van der Waals surface area contributed by atoms with Crippen LogP contribution in [0.5, 0.6) is 0 Å². The lowest BCUT2D eigenvalue weighted by atomic mass is 10.1. The maximum absolute atomic E-state index is 6.36. The molecule has 4 rings (SSSR count). The van der Waals surface area contributed by atoms with Crippen molar-refractivity contribution in [1.29, 1.82) is 0 Å². The highest BCUT2D eigenvalue weighted by atomic mass is 127. The minimum atomic E-state index is 0. The maximum atomic E-state index is 6.36. The summed E-state index contributed by atoms with van der Waals surface area (Å²) in [5.41, 5.74) is 3.51. The molecule has 164 valence electrons. The summed E-state index contributed by atoms with van der Waals surface area (Å²) in [5, 5.41) is 8.48. The molecule has 2 aromatic carbocycles. The molecule has 0 spiro atoms. The van der Waals surface area contributed by atoms with Crippen molar-refractivity contribution in [3.63, 3.8) is 0 Å². The summed E-state index contributed by atoms with van der Waals surface area (Å²) in [6, 6.07) is 16.5. The monoisotopic (exact) mass is 551 g/mol. The van der Waals surface area contributed by atoms with Crippen LogP contribution in [0.3, 0.4) is 0 Å². The van der Waals surface area contributed by atoms with Gasteiger partial charge in [-0.25, -0.2) is 9.67 Å². The van der Waals surface area contributed by atoms with Gasteiger partial charge in [-0.2, -0.15) is 5.10 Å². The Morgan fingerprint density at radius 2 is 1.84 bits per heavy atom. The molecule has 0 amide bonds. The van der Waals surface area contributed by atoms with E-state index in [0.29, 0.717) is 6.54 Å². The van der Waals surface area contributed by atoms with E-state index in [-0.39, 0.29) is 24.0 Å². The number of aromatic nitrogens is 3. The van der Waals surface area contributed by atoms with Crippen LogP contribution in [-0.2, 0) is 13.1 Å². The Kier molecular flexibility index (Phi) is 8.53. The Hall–Kier alpha value is -2.33. The third-order valence-electron chi connectivity index (χ3n) is 5.24. The van der Waals surface area contributed by atoms with E-state index in [0.717, 1.165) is 49.4 Å². The topological polar surface area (TPSA) is 61.6 Å². The molecule has 1 fully saturated rings. The Bertz CT molecular complexity index is 985. The molecule has 1 aliphatic rings. The van der Waals surface area contributed by atoms with E-state index in [1.807, 2.05) is 29.9 Å². The highest BCUT2D eigenvalue weighted by Crippen LogP contribution is 2.26. The molecule has 0 bridgehead atoms. The number of hydrogen-bond donors (Lipinski definition) is 1. The van der Waals surface area contributed by atoms with Gasteiger partial charge in [-0.05, 0) is 23.3 Å². The highest BCUT2D eigenvalue weighted by Gasteiger charge is 2.20. The number of nitrogens with zero attached hydrogens (tertiary/aromatic N) is 6. The summed E-state index contributed by atoms with van der Waals surface area (Å²) in [5.74, 6) is 0.926. The highest BCUT2D eigenvalue weighted by molar-refractivity contribution is 14.0. The Balaban J connectivity index is 0.00000272. The number of aliphatic imine (C=N–C) groups is 1. The van der Waals surface area contributed by atoms with Crippen molar-refractivity contribution in [1.82, 2.24) is 25.0 Å². The SMILES string of the molecule is CN=C(NCc1cccc(Cn2cncn2)c1)N1CCN(c2ccccc2Cl)CC1.I. The van der Waals surface area contributed by atoms with Crippen LogP contribution in [0.2, 0.25) is 5.02 Å². The number of piperazine rings is 1. The first kappa shape index (κ1) is 23.3. The normalized spacial score (nSPS) is 14.3. The van der Waals surface area contributed by atoms with Crippen molar-refractivity contribution < 1.29 is 0 Å². The average molecular weight is 552 g/mol. The Morgan fingerprint density at radius 1 is 1.06 bits per heavy atom. The predicted octanol–water partition coefficient (Wildman–Crippen LogP) is 3.50. The molecule has 0 atom stereocenters. The quantitative estimate of drug-likeness (QED) is 0.299. The second-order valence-electron chi connectivity index (χ2n) is 7.24. The number of benzene rings is 2. The van der Waals surface area contributed by atoms with Crippen LogP contribution in [0.4, 0.5) is 5.69 Å². The van der Waals surface area contributed by atoms with Gasteiger partial charge in [-0.3, -0.25) is 4.99 Å². The Morgan fingerprint density at radius 3 is 2.55 bits per heavy atom. The summed E-state index contributed by atoms with van der Waals surface area (Å²) >= 11 is 6.36. The summed E-state index contributed by atoms with van der Waals surface area (Å²) in [6.45, 7) is 5.07. The zero-order valence-electron chi connectivity index (χ0n) is 17.5. The largest absolute Gasteiger partial charge is 0.367 e. The van der Waals surface area contributed by atoms with Crippen LogP contribution >= 0.6 is 35.6 Å². The lowest BCUT2D eigenvalue weighted by molar-refractivity contribution is 0.372. The molecular weight excluding hydrogens is 525 g/mol. The van der Waals surface area contributed by atoms with Crippen molar-refractivity contribution in [3.8, 4) is 0 Å². The van der Waals surface area contributed by atoms with Gasteiger partial charge in [0.15, 0.2) is 5.96 Å². The fourth-order valence-electron chi connectivity index (χ4n) is 3.72. The van der Waals surface area contributed by atoms with Crippen LogP contribution in [0, 0.1) is 0 Å².